The molecule has 1 N–H and O–H groups in total. The van der Waals surface area contributed by atoms with E-state index in [0.717, 1.165) is 23.8 Å². The summed E-state index contributed by atoms with van der Waals surface area (Å²) in [5.74, 6) is 2.68. The van der Waals surface area contributed by atoms with Crippen molar-refractivity contribution < 1.29 is 0 Å². The fourth-order valence-electron chi connectivity index (χ4n) is 3.32. The van der Waals surface area contributed by atoms with E-state index < -0.39 is 0 Å². The predicted molar refractivity (Wildman–Crippen MR) is 55.7 cm³/mol. The van der Waals surface area contributed by atoms with Gasteiger partial charge in [0.2, 0.25) is 0 Å². The molecule has 2 nitrogen and oxygen atoms in total. The molecular formula is C11H22N2. The van der Waals surface area contributed by atoms with Crippen LogP contribution in [0, 0.1) is 17.8 Å². The summed E-state index contributed by atoms with van der Waals surface area (Å²) < 4.78 is 0. The summed E-state index contributed by atoms with van der Waals surface area (Å²) in [5, 5.41) is 3.54. The molecule has 13 heavy (non-hydrogen) atoms. The fourth-order valence-corrected chi connectivity index (χ4v) is 3.32. The van der Waals surface area contributed by atoms with E-state index >= 15 is 0 Å². The highest BCUT2D eigenvalue weighted by atomic mass is 15.2. The lowest BCUT2D eigenvalue weighted by Gasteiger charge is -2.43. The maximum atomic E-state index is 3.54. The van der Waals surface area contributed by atoms with Crippen LogP contribution >= 0.6 is 0 Å². The van der Waals surface area contributed by atoms with Gasteiger partial charge in [0.15, 0.2) is 0 Å². The summed E-state index contributed by atoms with van der Waals surface area (Å²) in [6.07, 6.45) is 1.40. The Morgan fingerprint density at radius 2 is 2.08 bits per heavy atom. The second kappa shape index (κ2) is 3.58. The smallest absolute Gasteiger partial charge is 0.0159 e. The van der Waals surface area contributed by atoms with E-state index in [4.69, 9.17) is 0 Å². The van der Waals surface area contributed by atoms with E-state index in [1.54, 1.807) is 0 Å². The Bertz CT molecular complexity index is 179. The minimum absolute atomic E-state index is 0.803. The number of fused-ring (bicyclic) bond motifs is 1. The quantitative estimate of drug-likeness (QED) is 0.655. The monoisotopic (exact) mass is 182 g/mol. The highest BCUT2D eigenvalue weighted by Crippen LogP contribution is 2.34. The van der Waals surface area contributed by atoms with Crippen LogP contribution in [0.25, 0.3) is 0 Å². The van der Waals surface area contributed by atoms with E-state index in [1.807, 2.05) is 0 Å². The maximum absolute atomic E-state index is 3.54. The second-order valence-electron chi connectivity index (χ2n) is 5.09. The Morgan fingerprint density at radius 3 is 2.77 bits per heavy atom. The Hall–Kier alpha value is -0.0800. The summed E-state index contributed by atoms with van der Waals surface area (Å²) >= 11 is 0. The van der Waals surface area contributed by atoms with Crippen LogP contribution in [-0.4, -0.2) is 37.6 Å². The molecule has 2 fully saturated rings. The molecule has 0 aliphatic carbocycles. The third-order valence-electron chi connectivity index (χ3n) is 3.88. The molecule has 0 saturated carbocycles. The summed E-state index contributed by atoms with van der Waals surface area (Å²) in [5.41, 5.74) is 0. The first kappa shape index (κ1) is 9.47. The molecule has 2 aliphatic rings. The lowest BCUT2D eigenvalue weighted by Crippen LogP contribution is -2.49. The van der Waals surface area contributed by atoms with Gasteiger partial charge in [-0.15, -0.1) is 0 Å². The van der Waals surface area contributed by atoms with Crippen molar-refractivity contribution >= 4 is 0 Å². The van der Waals surface area contributed by atoms with Crippen LogP contribution in [0.1, 0.15) is 20.3 Å². The first-order chi connectivity index (χ1) is 6.20. The Morgan fingerprint density at radius 1 is 1.31 bits per heavy atom. The standard InChI is InChI=1S/C11H22N2/c1-8(2)11-10-7-12-6-9(10)4-5-13(11)3/h8-12H,4-7H2,1-3H3. The third kappa shape index (κ3) is 1.62. The second-order valence-corrected chi connectivity index (χ2v) is 5.09. The number of likely N-dealkylation sites (tertiary alicyclic amines) is 1. The molecule has 0 bridgehead atoms. The van der Waals surface area contributed by atoms with Gasteiger partial charge in [-0.2, -0.15) is 0 Å². The summed E-state index contributed by atoms with van der Waals surface area (Å²) in [7, 11) is 2.29. The maximum Gasteiger partial charge on any atom is 0.0159 e. The minimum Gasteiger partial charge on any atom is -0.316 e. The van der Waals surface area contributed by atoms with Crippen molar-refractivity contribution in [2.45, 2.75) is 26.3 Å². The predicted octanol–water partition coefficient (Wildman–Crippen LogP) is 1.18. The van der Waals surface area contributed by atoms with E-state index in [9.17, 15) is 0 Å². The number of nitrogens with one attached hydrogen (secondary N) is 1. The van der Waals surface area contributed by atoms with Crippen LogP contribution in [0.2, 0.25) is 0 Å². The van der Waals surface area contributed by atoms with Crippen LogP contribution in [0.5, 0.6) is 0 Å². The van der Waals surface area contributed by atoms with Crippen molar-refractivity contribution in [2.24, 2.45) is 17.8 Å². The molecule has 0 aromatic heterocycles. The van der Waals surface area contributed by atoms with Crippen LogP contribution < -0.4 is 5.32 Å². The van der Waals surface area contributed by atoms with Crippen molar-refractivity contribution in [3.05, 3.63) is 0 Å². The Labute approximate surface area is 81.7 Å². The fraction of sp³-hybridized carbons (Fsp3) is 1.00. The van der Waals surface area contributed by atoms with Gasteiger partial charge in [-0.25, -0.2) is 0 Å². The molecule has 3 unspecified atom stereocenters. The van der Waals surface area contributed by atoms with E-state index in [-0.39, 0.29) is 0 Å². The number of nitrogens with zero attached hydrogens (tertiary/aromatic N) is 1. The van der Waals surface area contributed by atoms with Crippen LogP contribution in [0.15, 0.2) is 0 Å². The first-order valence-corrected chi connectivity index (χ1v) is 5.61. The van der Waals surface area contributed by atoms with Gasteiger partial charge >= 0.3 is 0 Å². The van der Waals surface area contributed by atoms with Crippen LogP contribution in [0.4, 0.5) is 0 Å². The lowest BCUT2D eigenvalue weighted by atomic mass is 9.78. The average Bonchev–Trinajstić information content (AvgIpc) is 2.50. The molecular weight excluding hydrogens is 160 g/mol. The molecule has 2 heteroatoms. The topological polar surface area (TPSA) is 15.3 Å². The number of hydrogen-bond acceptors (Lipinski definition) is 2. The average molecular weight is 182 g/mol. The van der Waals surface area contributed by atoms with Crippen LogP contribution in [0.3, 0.4) is 0 Å². The zero-order valence-electron chi connectivity index (χ0n) is 9.09. The van der Waals surface area contributed by atoms with Crippen molar-refractivity contribution in [3.8, 4) is 0 Å². The van der Waals surface area contributed by atoms with E-state index in [1.165, 1.54) is 26.1 Å². The minimum atomic E-state index is 0.803. The number of hydrogen-bond donors (Lipinski definition) is 1. The van der Waals surface area contributed by atoms with Crippen molar-refractivity contribution in [1.82, 2.24) is 10.2 Å². The molecule has 0 radical (unpaired) electrons. The van der Waals surface area contributed by atoms with Gasteiger partial charge in [0, 0.05) is 6.04 Å². The lowest BCUT2D eigenvalue weighted by molar-refractivity contribution is 0.0651. The molecule has 3 atom stereocenters. The van der Waals surface area contributed by atoms with Crippen LogP contribution in [-0.2, 0) is 0 Å². The molecule has 76 valence electrons. The Kier molecular flexibility index (Phi) is 2.61. The van der Waals surface area contributed by atoms with E-state index in [2.05, 4.69) is 31.1 Å². The zero-order valence-corrected chi connectivity index (χ0v) is 9.09. The van der Waals surface area contributed by atoms with Gasteiger partial charge in [0.05, 0.1) is 0 Å². The molecule has 0 amide bonds. The van der Waals surface area contributed by atoms with Gasteiger partial charge in [0.1, 0.15) is 0 Å². The van der Waals surface area contributed by atoms with Gasteiger partial charge in [0.25, 0.3) is 0 Å². The molecule has 0 spiro atoms. The van der Waals surface area contributed by atoms with Gasteiger partial charge in [-0.05, 0) is 50.9 Å². The summed E-state index contributed by atoms with van der Waals surface area (Å²) in [6, 6.07) is 0.814. The molecule has 0 aromatic rings. The molecule has 2 heterocycles. The summed E-state index contributed by atoms with van der Waals surface area (Å²) in [4.78, 5) is 2.57. The first-order valence-electron chi connectivity index (χ1n) is 5.61. The molecule has 2 aliphatic heterocycles. The Balaban J connectivity index is 2.10. The SMILES string of the molecule is CC(C)C1C2CNCC2CCN1C. The van der Waals surface area contributed by atoms with Gasteiger partial charge in [-0.3, -0.25) is 0 Å². The van der Waals surface area contributed by atoms with Gasteiger partial charge in [-0.1, -0.05) is 13.8 Å². The van der Waals surface area contributed by atoms with Crippen molar-refractivity contribution in [3.63, 3.8) is 0 Å². The van der Waals surface area contributed by atoms with E-state index in [0.29, 0.717) is 0 Å². The zero-order chi connectivity index (χ0) is 9.42. The highest BCUT2D eigenvalue weighted by Gasteiger charge is 2.40. The molecule has 2 rings (SSSR count). The normalized spacial score (nSPS) is 41.1. The van der Waals surface area contributed by atoms with Crippen molar-refractivity contribution in [1.29, 1.82) is 0 Å². The largest absolute Gasteiger partial charge is 0.316 e. The number of rotatable bonds is 1. The summed E-state index contributed by atoms with van der Waals surface area (Å²) in [6.45, 7) is 8.54. The third-order valence-corrected chi connectivity index (χ3v) is 3.88. The molecule has 0 aromatic carbocycles. The highest BCUT2D eigenvalue weighted by molar-refractivity contribution is 4.95. The van der Waals surface area contributed by atoms with Gasteiger partial charge < -0.3 is 10.2 Å². The molecule has 2 saturated heterocycles. The van der Waals surface area contributed by atoms with Crippen molar-refractivity contribution in [2.75, 3.05) is 26.7 Å². The number of piperidine rings is 1.